The Balaban J connectivity index is 1.58. The van der Waals surface area contributed by atoms with E-state index in [4.69, 9.17) is 5.73 Å². The second-order valence-electron chi connectivity index (χ2n) is 13.3. The van der Waals surface area contributed by atoms with Crippen molar-refractivity contribution in [1.29, 1.82) is 0 Å². The number of alkyl halides is 9. The van der Waals surface area contributed by atoms with Crippen LogP contribution < -0.4 is 15.5 Å². The molecule has 49 heavy (non-hydrogen) atoms. The normalized spacial score (nSPS) is 18.2. The van der Waals surface area contributed by atoms with Crippen LogP contribution in [0.1, 0.15) is 72.5 Å². The van der Waals surface area contributed by atoms with Crippen LogP contribution >= 0.6 is 0 Å². The van der Waals surface area contributed by atoms with E-state index in [0.717, 1.165) is 44.8 Å². The number of pyridine rings is 1. The summed E-state index contributed by atoms with van der Waals surface area (Å²) < 4.78 is 124. The van der Waals surface area contributed by atoms with Gasteiger partial charge in [0.1, 0.15) is 0 Å². The molecule has 0 bridgehead atoms. The SMILES string of the molecule is CN1CCN(c2cnc(N(Cc3cc(C(F)(F)F)cc(C(F)(F)F)c3)Cc3cc(C(F)(F)F)cnc3C(C)(N)CC3CCCC3)nc2)CC1. The van der Waals surface area contributed by atoms with Crippen molar-refractivity contribution in [3.63, 3.8) is 0 Å². The first-order chi connectivity index (χ1) is 22.8. The van der Waals surface area contributed by atoms with Gasteiger partial charge in [0.25, 0.3) is 0 Å². The molecule has 3 heterocycles. The van der Waals surface area contributed by atoms with Crippen LogP contribution in [-0.2, 0) is 37.2 Å². The van der Waals surface area contributed by atoms with E-state index < -0.39 is 59.4 Å². The maximum Gasteiger partial charge on any atom is 0.417 e. The molecule has 268 valence electrons. The van der Waals surface area contributed by atoms with E-state index in [1.807, 2.05) is 11.9 Å². The average Bonchev–Trinajstić information content (AvgIpc) is 3.52. The number of halogens is 9. The molecule has 1 aliphatic carbocycles. The number of rotatable bonds is 9. The summed E-state index contributed by atoms with van der Waals surface area (Å²) in [5.74, 6) is 0.112. The molecule has 7 nitrogen and oxygen atoms in total. The van der Waals surface area contributed by atoms with Crippen molar-refractivity contribution in [2.24, 2.45) is 11.7 Å². The lowest BCUT2D eigenvalue weighted by atomic mass is 9.83. The quantitative estimate of drug-likeness (QED) is 0.230. The van der Waals surface area contributed by atoms with Gasteiger partial charge in [-0.05, 0) is 61.7 Å². The Morgan fingerprint density at radius 3 is 1.82 bits per heavy atom. The van der Waals surface area contributed by atoms with Crippen LogP contribution in [0, 0.1) is 5.92 Å². The van der Waals surface area contributed by atoms with Gasteiger partial charge in [0.15, 0.2) is 0 Å². The zero-order valence-corrected chi connectivity index (χ0v) is 27.1. The van der Waals surface area contributed by atoms with Gasteiger partial charge in [-0.15, -0.1) is 0 Å². The average molecular weight is 704 g/mol. The first-order valence-electron chi connectivity index (χ1n) is 15.9. The molecule has 16 heteroatoms. The van der Waals surface area contributed by atoms with E-state index in [0.29, 0.717) is 43.5 Å². The van der Waals surface area contributed by atoms with Gasteiger partial charge < -0.3 is 20.4 Å². The minimum Gasteiger partial charge on any atom is -0.366 e. The van der Waals surface area contributed by atoms with Crippen LogP contribution in [0.2, 0.25) is 0 Å². The number of nitrogens with zero attached hydrogens (tertiary/aromatic N) is 6. The van der Waals surface area contributed by atoms with Gasteiger partial charge in [-0.1, -0.05) is 25.7 Å². The van der Waals surface area contributed by atoms with E-state index in [1.165, 1.54) is 17.3 Å². The largest absolute Gasteiger partial charge is 0.417 e. The molecule has 0 spiro atoms. The van der Waals surface area contributed by atoms with E-state index in [1.54, 1.807) is 6.92 Å². The molecule has 1 unspecified atom stereocenters. The van der Waals surface area contributed by atoms with E-state index in [2.05, 4.69) is 19.9 Å². The molecule has 1 saturated heterocycles. The van der Waals surface area contributed by atoms with Crippen LogP contribution in [0.25, 0.3) is 0 Å². The third kappa shape index (κ3) is 9.12. The number of nitrogens with two attached hydrogens (primary N) is 1. The lowest BCUT2D eigenvalue weighted by molar-refractivity contribution is -0.143. The third-order valence-corrected chi connectivity index (χ3v) is 9.18. The van der Waals surface area contributed by atoms with Crippen molar-refractivity contribution in [3.05, 3.63) is 76.4 Å². The summed E-state index contributed by atoms with van der Waals surface area (Å²) >= 11 is 0. The summed E-state index contributed by atoms with van der Waals surface area (Å²) in [6.07, 6.45) is -7.10. The van der Waals surface area contributed by atoms with E-state index >= 15 is 0 Å². The first-order valence-corrected chi connectivity index (χ1v) is 15.9. The molecule has 2 fully saturated rings. The minimum absolute atomic E-state index is 0.00703. The van der Waals surface area contributed by atoms with Crippen LogP contribution in [0.4, 0.5) is 51.1 Å². The molecule has 3 aromatic rings. The van der Waals surface area contributed by atoms with Crippen molar-refractivity contribution in [2.75, 3.05) is 43.0 Å². The molecular weight excluding hydrogens is 665 g/mol. The number of piperazine rings is 1. The van der Waals surface area contributed by atoms with E-state index in [9.17, 15) is 39.5 Å². The Labute approximate surface area is 278 Å². The molecule has 1 aliphatic heterocycles. The number of hydrogen-bond donors (Lipinski definition) is 1. The van der Waals surface area contributed by atoms with Crippen LogP contribution in [0.15, 0.2) is 42.9 Å². The number of aromatic nitrogens is 3. The lowest BCUT2D eigenvalue weighted by Crippen LogP contribution is -2.44. The molecule has 5 rings (SSSR count). The highest BCUT2D eigenvalue weighted by atomic mass is 19.4. The maximum atomic E-state index is 14.0. The van der Waals surface area contributed by atoms with Crippen molar-refractivity contribution in [1.82, 2.24) is 19.9 Å². The molecule has 2 N–H and O–H groups in total. The maximum absolute atomic E-state index is 14.0. The van der Waals surface area contributed by atoms with E-state index in [-0.39, 0.29) is 29.2 Å². The Morgan fingerprint density at radius 2 is 1.29 bits per heavy atom. The predicted molar refractivity (Wildman–Crippen MR) is 165 cm³/mol. The molecule has 0 amide bonds. The van der Waals surface area contributed by atoms with Crippen LogP contribution in [0.3, 0.4) is 0 Å². The summed E-state index contributed by atoms with van der Waals surface area (Å²) in [4.78, 5) is 18.4. The molecule has 2 aromatic heterocycles. The van der Waals surface area contributed by atoms with Gasteiger partial charge >= 0.3 is 18.5 Å². The zero-order chi connectivity index (χ0) is 35.8. The fourth-order valence-corrected chi connectivity index (χ4v) is 6.65. The topological polar surface area (TPSA) is 74.4 Å². The highest BCUT2D eigenvalue weighted by molar-refractivity contribution is 5.47. The fraction of sp³-hybridized carbons (Fsp3) is 0.545. The summed E-state index contributed by atoms with van der Waals surface area (Å²) in [6, 6.07) is 2.06. The Bertz CT molecular complexity index is 1540. The second-order valence-corrected chi connectivity index (χ2v) is 13.3. The Morgan fingerprint density at radius 1 is 0.735 bits per heavy atom. The summed E-state index contributed by atoms with van der Waals surface area (Å²) in [7, 11) is 1.98. The Kier molecular flexibility index (Phi) is 10.4. The summed E-state index contributed by atoms with van der Waals surface area (Å²) in [6.45, 7) is 3.52. The second kappa shape index (κ2) is 13.9. The van der Waals surface area contributed by atoms with Crippen molar-refractivity contribution in [3.8, 4) is 0 Å². The fourth-order valence-electron chi connectivity index (χ4n) is 6.65. The molecule has 1 atom stereocenters. The number of benzene rings is 1. The number of hydrogen-bond acceptors (Lipinski definition) is 7. The van der Waals surface area contributed by atoms with Crippen LogP contribution in [-0.4, -0.2) is 53.1 Å². The van der Waals surface area contributed by atoms with Crippen molar-refractivity contribution < 1.29 is 39.5 Å². The smallest absolute Gasteiger partial charge is 0.366 e. The molecule has 1 aromatic carbocycles. The molecule has 0 radical (unpaired) electrons. The van der Waals surface area contributed by atoms with Gasteiger partial charge in [0.05, 0.1) is 46.0 Å². The highest BCUT2D eigenvalue weighted by Gasteiger charge is 2.38. The summed E-state index contributed by atoms with van der Waals surface area (Å²) in [5.41, 5.74) is 1.84. The predicted octanol–water partition coefficient (Wildman–Crippen LogP) is 7.64. The molecule has 1 saturated carbocycles. The van der Waals surface area contributed by atoms with Crippen LogP contribution in [0.5, 0.6) is 0 Å². The van der Waals surface area contributed by atoms with Gasteiger partial charge in [-0.25, -0.2) is 9.97 Å². The molecular formula is C33H38F9N7. The Hall–Kier alpha value is -3.66. The van der Waals surface area contributed by atoms with Crippen molar-refractivity contribution in [2.45, 2.75) is 76.2 Å². The monoisotopic (exact) mass is 703 g/mol. The molecule has 2 aliphatic rings. The first kappa shape index (κ1) is 36.6. The standard InChI is InChI=1S/C33H38F9N7/c1-30(43,15-21-5-3-4-6-21)28-23(13-26(16-44-28)33(40,41)42)20-49(29-45-17-27(18-46-29)48-9-7-47(2)8-10-48)19-22-11-24(31(34,35)36)14-25(12-22)32(37,38)39/h11-14,16-18,21H,3-10,15,19-20,43H2,1-2H3. The highest BCUT2D eigenvalue weighted by Crippen LogP contribution is 2.39. The number of anilines is 2. The van der Waals surface area contributed by atoms with Gasteiger partial charge in [0.2, 0.25) is 5.95 Å². The van der Waals surface area contributed by atoms with Gasteiger partial charge in [-0.3, -0.25) is 4.98 Å². The zero-order valence-electron chi connectivity index (χ0n) is 27.1. The van der Waals surface area contributed by atoms with Gasteiger partial charge in [-0.2, -0.15) is 39.5 Å². The summed E-state index contributed by atoms with van der Waals surface area (Å²) in [5, 5.41) is 0. The minimum atomic E-state index is -5.10. The van der Waals surface area contributed by atoms with Gasteiger partial charge in [0, 0.05) is 45.5 Å². The third-order valence-electron chi connectivity index (χ3n) is 9.18. The lowest BCUT2D eigenvalue weighted by Gasteiger charge is -2.34. The number of likely N-dealkylation sites (N-methyl/N-ethyl adjacent to an activating group) is 1. The van der Waals surface area contributed by atoms with Crippen molar-refractivity contribution >= 4 is 11.6 Å².